The van der Waals surface area contributed by atoms with Gasteiger partial charge in [-0.2, -0.15) is 0 Å². The number of aryl methyl sites for hydroxylation is 2. The van der Waals surface area contributed by atoms with Crippen molar-refractivity contribution in [3.63, 3.8) is 0 Å². The van der Waals surface area contributed by atoms with Crippen LogP contribution < -0.4 is 0 Å². The molecule has 0 aliphatic heterocycles. The molecule has 2 aromatic heterocycles. The van der Waals surface area contributed by atoms with Gasteiger partial charge < -0.3 is 0 Å². The predicted octanol–water partition coefficient (Wildman–Crippen LogP) is 3.82. The maximum Gasteiger partial charge on any atom is 0.170 e. The molecule has 96 valence electrons. The first-order chi connectivity index (χ1) is 9.06. The number of nitrogens with zero attached hydrogens (tertiary/aromatic N) is 4. The highest BCUT2D eigenvalue weighted by Gasteiger charge is 2.13. The summed E-state index contributed by atoms with van der Waals surface area (Å²) >= 11 is 9.42. The molecule has 0 atom stereocenters. The number of hydrogen-bond acceptors (Lipinski definition) is 3. The number of fused-ring (bicyclic) bond motifs is 1. The lowest BCUT2D eigenvalue weighted by molar-refractivity contribution is 0.987. The first-order valence-corrected chi connectivity index (χ1v) is 6.88. The average Bonchev–Trinajstić information content (AvgIpc) is 2.76. The third-order valence-electron chi connectivity index (χ3n) is 2.97. The Hall–Kier alpha value is -1.46. The van der Waals surface area contributed by atoms with E-state index in [0.717, 1.165) is 27.2 Å². The van der Waals surface area contributed by atoms with E-state index in [1.807, 2.05) is 36.4 Å². The Balaban J connectivity index is 2.34. The van der Waals surface area contributed by atoms with Crippen molar-refractivity contribution in [2.75, 3.05) is 0 Å². The van der Waals surface area contributed by atoms with Crippen LogP contribution in [-0.4, -0.2) is 19.6 Å². The molecule has 0 bridgehead atoms. The highest BCUT2D eigenvalue weighted by atomic mass is 79.9. The topological polar surface area (TPSA) is 43.1 Å². The fraction of sp³-hybridized carbons (Fsp3) is 0.154. The van der Waals surface area contributed by atoms with Crippen LogP contribution >= 0.6 is 27.5 Å². The summed E-state index contributed by atoms with van der Waals surface area (Å²) in [6.45, 7) is 3.93. The zero-order chi connectivity index (χ0) is 13.6. The van der Waals surface area contributed by atoms with Crippen LogP contribution in [0.5, 0.6) is 0 Å². The summed E-state index contributed by atoms with van der Waals surface area (Å²) in [4.78, 5) is 4.25. The second-order valence-corrected chi connectivity index (χ2v) is 5.61. The Bertz CT molecular complexity index is 782. The molecule has 19 heavy (non-hydrogen) atoms. The summed E-state index contributed by atoms with van der Waals surface area (Å²) in [6.07, 6.45) is 0. The number of hydrogen-bond donors (Lipinski definition) is 0. The number of benzene rings is 1. The zero-order valence-corrected chi connectivity index (χ0v) is 12.7. The van der Waals surface area contributed by atoms with Crippen LogP contribution in [0.3, 0.4) is 0 Å². The van der Waals surface area contributed by atoms with E-state index in [-0.39, 0.29) is 0 Å². The number of halogens is 2. The van der Waals surface area contributed by atoms with Gasteiger partial charge >= 0.3 is 0 Å². The third-order valence-corrected chi connectivity index (χ3v) is 3.66. The van der Waals surface area contributed by atoms with Crippen molar-refractivity contribution >= 4 is 33.2 Å². The Morgan fingerprint density at radius 2 is 1.95 bits per heavy atom. The molecule has 0 unspecified atom stereocenters. The van der Waals surface area contributed by atoms with Gasteiger partial charge in [-0.25, -0.2) is 4.98 Å². The molecule has 3 aromatic rings. The molecule has 1 aromatic carbocycles. The summed E-state index contributed by atoms with van der Waals surface area (Å²) in [6, 6.07) is 7.78. The normalized spacial score (nSPS) is 11.2. The molecule has 0 radical (unpaired) electrons. The Morgan fingerprint density at radius 3 is 2.74 bits per heavy atom. The van der Waals surface area contributed by atoms with Crippen LogP contribution in [-0.2, 0) is 0 Å². The van der Waals surface area contributed by atoms with Gasteiger partial charge in [-0.05, 0) is 31.5 Å². The van der Waals surface area contributed by atoms with Gasteiger partial charge in [-0.15, -0.1) is 10.2 Å². The molecule has 0 amide bonds. The van der Waals surface area contributed by atoms with Crippen molar-refractivity contribution in [3.05, 3.63) is 45.3 Å². The fourth-order valence-corrected chi connectivity index (χ4v) is 2.64. The number of aromatic nitrogens is 4. The first-order valence-electron chi connectivity index (χ1n) is 5.71. The molecule has 0 saturated carbocycles. The monoisotopic (exact) mass is 336 g/mol. The Kier molecular flexibility index (Phi) is 3.03. The molecule has 0 N–H and O–H groups in total. The largest absolute Gasteiger partial charge is 0.263 e. The summed E-state index contributed by atoms with van der Waals surface area (Å²) < 4.78 is 2.91. The standard InChI is InChI=1S/C13H10BrClN4/c1-7-3-4-9(14)5-10(7)13-18-17-12-6-11(15)16-8(2)19(12)13/h3-6H,1-2H3. The highest BCUT2D eigenvalue weighted by Crippen LogP contribution is 2.26. The zero-order valence-electron chi connectivity index (χ0n) is 10.4. The van der Waals surface area contributed by atoms with E-state index in [1.54, 1.807) is 6.07 Å². The van der Waals surface area contributed by atoms with Gasteiger partial charge in [0.2, 0.25) is 0 Å². The van der Waals surface area contributed by atoms with Crippen LogP contribution in [0.2, 0.25) is 5.15 Å². The molecule has 0 spiro atoms. The fourth-order valence-electron chi connectivity index (χ4n) is 2.06. The quantitative estimate of drug-likeness (QED) is 0.634. The maximum absolute atomic E-state index is 5.94. The third kappa shape index (κ3) is 2.13. The molecule has 0 fully saturated rings. The average molecular weight is 338 g/mol. The van der Waals surface area contributed by atoms with Crippen LogP contribution in [0.25, 0.3) is 17.0 Å². The maximum atomic E-state index is 5.94. The molecule has 6 heteroatoms. The molecular weight excluding hydrogens is 328 g/mol. The minimum absolute atomic E-state index is 0.426. The van der Waals surface area contributed by atoms with E-state index >= 15 is 0 Å². The number of rotatable bonds is 1. The van der Waals surface area contributed by atoms with E-state index < -0.39 is 0 Å². The van der Waals surface area contributed by atoms with E-state index in [0.29, 0.717) is 10.8 Å². The van der Waals surface area contributed by atoms with Gasteiger partial charge in [0.1, 0.15) is 11.0 Å². The predicted molar refractivity (Wildman–Crippen MR) is 78.4 cm³/mol. The molecular formula is C13H10BrClN4. The van der Waals surface area contributed by atoms with Gasteiger partial charge in [0, 0.05) is 16.1 Å². The molecule has 4 nitrogen and oxygen atoms in total. The van der Waals surface area contributed by atoms with Crippen LogP contribution in [0.15, 0.2) is 28.7 Å². The van der Waals surface area contributed by atoms with Crippen molar-refractivity contribution in [2.45, 2.75) is 13.8 Å². The lowest BCUT2D eigenvalue weighted by atomic mass is 10.1. The Morgan fingerprint density at radius 1 is 1.16 bits per heavy atom. The minimum Gasteiger partial charge on any atom is -0.263 e. The first kappa shape index (κ1) is 12.6. The Labute approximate surface area is 123 Å². The van der Waals surface area contributed by atoms with E-state index in [9.17, 15) is 0 Å². The summed E-state index contributed by atoms with van der Waals surface area (Å²) in [5.74, 6) is 1.54. The van der Waals surface area contributed by atoms with E-state index in [1.165, 1.54) is 0 Å². The second-order valence-electron chi connectivity index (χ2n) is 4.30. The van der Waals surface area contributed by atoms with Gasteiger partial charge in [0.05, 0.1) is 0 Å². The SMILES string of the molecule is Cc1ccc(Br)cc1-c1nnc2cc(Cl)nc(C)n12. The highest BCUT2D eigenvalue weighted by molar-refractivity contribution is 9.10. The summed E-state index contributed by atoms with van der Waals surface area (Å²) in [5.41, 5.74) is 2.85. The van der Waals surface area contributed by atoms with Gasteiger partial charge in [-0.1, -0.05) is 33.6 Å². The molecule has 3 rings (SSSR count). The van der Waals surface area contributed by atoms with Crippen LogP contribution in [0.4, 0.5) is 0 Å². The van der Waals surface area contributed by atoms with E-state index in [2.05, 4.69) is 31.1 Å². The molecule has 0 saturated heterocycles. The van der Waals surface area contributed by atoms with Crippen molar-refractivity contribution < 1.29 is 0 Å². The van der Waals surface area contributed by atoms with Crippen LogP contribution in [0, 0.1) is 13.8 Å². The summed E-state index contributed by atoms with van der Waals surface area (Å²) in [5, 5.41) is 8.85. The smallest absolute Gasteiger partial charge is 0.170 e. The minimum atomic E-state index is 0.426. The lowest BCUT2D eigenvalue weighted by Crippen LogP contribution is -1.99. The van der Waals surface area contributed by atoms with E-state index in [4.69, 9.17) is 11.6 Å². The molecule has 0 aliphatic rings. The lowest BCUT2D eigenvalue weighted by Gasteiger charge is -2.06. The van der Waals surface area contributed by atoms with Gasteiger partial charge in [0.15, 0.2) is 11.5 Å². The van der Waals surface area contributed by atoms with Crippen LogP contribution in [0.1, 0.15) is 11.4 Å². The van der Waals surface area contributed by atoms with Crippen molar-refractivity contribution in [1.82, 2.24) is 19.6 Å². The van der Waals surface area contributed by atoms with Crippen molar-refractivity contribution in [1.29, 1.82) is 0 Å². The van der Waals surface area contributed by atoms with Crippen molar-refractivity contribution in [2.24, 2.45) is 0 Å². The second kappa shape index (κ2) is 4.58. The van der Waals surface area contributed by atoms with Gasteiger partial charge in [-0.3, -0.25) is 4.40 Å². The molecule has 0 aliphatic carbocycles. The van der Waals surface area contributed by atoms with Crippen molar-refractivity contribution in [3.8, 4) is 11.4 Å². The molecule has 2 heterocycles. The summed E-state index contributed by atoms with van der Waals surface area (Å²) in [7, 11) is 0. The van der Waals surface area contributed by atoms with Gasteiger partial charge in [0.25, 0.3) is 0 Å².